The van der Waals surface area contributed by atoms with Gasteiger partial charge in [0.1, 0.15) is 0 Å². The SMILES string of the molecule is NS(=O)(=O)c1ccc(C2=CC3(C=C2c2ccncc2)CCC3)cc1. The molecule has 5 heteroatoms. The third-order valence-electron chi connectivity index (χ3n) is 4.92. The van der Waals surface area contributed by atoms with Gasteiger partial charge < -0.3 is 0 Å². The zero-order valence-corrected chi connectivity index (χ0v) is 14.0. The monoisotopic (exact) mass is 338 g/mol. The van der Waals surface area contributed by atoms with Crippen LogP contribution in [0.4, 0.5) is 0 Å². The summed E-state index contributed by atoms with van der Waals surface area (Å²) in [4.78, 5) is 4.23. The van der Waals surface area contributed by atoms with Crippen LogP contribution >= 0.6 is 0 Å². The van der Waals surface area contributed by atoms with Crippen molar-refractivity contribution in [2.24, 2.45) is 10.6 Å². The molecule has 2 aromatic rings. The number of sulfonamides is 1. The number of primary sulfonamides is 1. The summed E-state index contributed by atoms with van der Waals surface area (Å²) in [5, 5.41) is 5.19. The molecule has 0 radical (unpaired) electrons. The van der Waals surface area contributed by atoms with Crippen LogP contribution in [0.1, 0.15) is 30.4 Å². The summed E-state index contributed by atoms with van der Waals surface area (Å²) >= 11 is 0. The molecule has 1 saturated carbocycles. The Balaban J connectivity index is 1.78. The van der Waals surface area contributed by atoms with E-state index < -0.39 is 10.0 Å². The molecule has 2 aliphatic rings. The Morgan fingerprint density at radius 1 is 0.875 bits per heavy atom. The van der Waals surface area contributed by atoms with E-state index in [9.17, 15) is 8.42 Å². The standard InChI is InChI=1S/C19H18N2O2S/c20-24(22,23)16-4-2-14(3-5-16)17-12-19(8-1-9-19)13-18(17)15-6-10-21-11-7-15/h2-7,10-13H,1,8-9H2,(H2,20,22,23). The predicted molar refractivity (Wildman–Crippen MR) is 94.3 cm³/mol. The van der Waals surface area contributed by atoms with Crippen LogP contribution < -0.4 is 5.14 Å². The minimum Gasteiger partial charge on any atom is -0.265 e. The van der Waals surface area contributed by atoms with E-state index in [0.29, 0.717) is 0 Å². The minimum atomic E-state index is -3.67. The first-order chi connectivity index (χ1) is 11.5. The Morgan fingerprint density at radius 3 is 1.88 bits per heavy atom. The van der Waals surface area contributed by atoms with E-state index in [-0.39, 0.29) is 10.3 Å². The van der Waals surface area contributed by atoms with Gasteiger partial charge in [0.05, 0.1) is 4.90 Å². The van der Waals surface area contributed by atoms with Gasteiger partial charge in [0.15, 0.2) is 0 Å². The van der Waals surface area contributed by atoms with Crippen molar-refractivity contribution in [3.8, 4) is 0 Å². The molecule has 1 aromatic heterocycles. The highest BCUT2D eigenvalue weighted by molar-refractivity contribution is 7.89. The molecule has 4 rings (SSSR count). The molecule has 24 heavy (non-hydrogen) atoms. The highest BCUT2D eigenvalue weighted by atomic mass is 32.2. The van der Waals surface area contributed by atoms with E-state index in [1.165, 1.54) is 24.8 Å². The first-order valence-electron chi connectivity index (χ1n) is 7.97. The van der Waals surface area contributed by atoms with Gasteiger partial charge in [-0.05, 0) is 59.4 Å². The predicted octanol–water partition coefficient (Wildman–Crippen LogP) is 3.38. The van der Waals surface area contributed by atoms with Crippen LogP contribution in [-0.4, -0.2) is 13.4 Å². The van der Waals surface area contributed by atoms with Crippen molar-refractivity contribution in [2.45, 2.75) is 24.2 Å². The number of aromatic nitrogens is 1. The average Bonchev–Trinajstić information content (AvgIpc) is 2.96. The first kappa shape index (κ1) is 15.3. The first-order valence-corrected chi connectivity index (χ1v) is 9.51. The minimum absolute atomic E-state index is 0.137. The molecule has 0 unspecified atom stereocenters. The summed E-state index contributed by atoms with van der Waals surface area (Å²) in [6, 6.07) is 10.8. The van der Waals surface area contributed by atoms with Gasteiger partial charge in [-0.3, -0.25) is 4.98 Å². The Kier molecular flexibility index (Phi) is 3.44. The molecule has 0 amide bonds. The maximum absolute atomic E-state index is 11.5. The van der Waals surface area contributed by atoms with Gasteiger partial charge in [0, 0.05) is 17.8 Å². The van der Waals surface area contributed by atoms with Gasteiger partial charge in [0.25, 0.3) is 0 Å². The van der Waals surface area contributed by atoms with Gasteiger partial charge in [-0.2, -0.15) is 0 Å². The Hall–Kier alpha value is -2.24. The second-order valence-electron chi connectivity index (χ2n) is 6.51. The van der Waals surface area contributed by atoms with Crippen molar-refractivity contribution in [1.82, 2.24) is 4.98 Å². The number of benzene rings is 1. The fraction of sp³-hybridized carbons (Fsp3) is 0.211. The number of hydrogen-bond acceptors (Lipinski definition) is 3. The quantitative estimate of drug-likeness (QED) is 0.932. The molecule has 0 atom stereocenters. The second-order valence-corrected chi connectivity index (χ2v) is 8.07. The molecule has 1 fully saturated rings. The molecule has 0 saturated heterocycles. The number of nitrogens with two attached hydrogens (primary N) is 1. The maximum Gasteiger partial charge on any atom is 0.238 e. The maximum atomic E-state index is 11.5. The zero-order valence-electron chi connectivity index (χ0n) is 13.1. The zero-order chi connectivity index (χ0) is 16.8. The van der Waals surface area contributed by atoms with E-state index >= 15 is 0 Å². The summed E-state index contributed by atoms with van der Waals surface area (Å²) in [7, 11) is -3.67. The molecule has 4 nitrogen and oxygen atoms in total. The van der Waals surface area contributed by atoms with Crippen molar-refractivity contribution in [2.75, 3.05) is 0 Å². The van der Waals surface area contributed by atoms with Crippen LogP contribution in [0.5, 0.6) is 0 Å². The van der Waals surface area contributed by atoms with Crippen LogP contribution in [0, 0.1) is 5.41 Å². The van der Waals surface area contributed by atoms with Crippen LogP contribution in [0.15, 0.2) is 65.8 Å². The van der Waals surface area contributed by atoms with Crippen LogP contribution in [0.3, 0.4) is 0 Å². The van der Waals surface area contributed by atoms with Crippen molar-refractivity contribution < 1.29 is 8.42 Å². The summed E-state index contributed by atoms with van der Waals surface area (Å²) < 4.78 is 22.9. The topological polar surface area (TPSA) is 73.1 Å². The lowest BCUT2D eigenvalue weighted by Gasteiger charge is -2.34. The normalized spacial score (nSPS) is 18.9. The molecule has 1 spiro atoms. The number of hydrogen-bond donors (Lipinski definition) is 1. The van der Waals surface area contributed by atoms with E-state index in [2.05, 4.69) is 17.1 Å². The highest BCUT2D eigenvalue weighted by Crippen LogP contribution is 2.53. The second kappa shape index (κ2) is 5.40. The Labute approximate surface area is 141 Å². The number of nitrogens with zero attached hydrogens (tertiary/aromatic N) is 1. The molecular formula is C19H18N2O2S. The summed E-state index contributed by atoms with van der Waals surface area (Å²) in [5.74, 6) is 0. The van der Waals surface area contributed by atoms with Crippen molar-refractivity contribution >= 4 is 21.2 Å². The van der Waals surface area contributed by atoms with Gasteiger partial charge in [-0.25, -0.2) is 13.6 Å². The summed E-state index contributed by atoms with van der Waals surface area (Å²) in [6.07, 6.45) is 11.9. The molecule has 1 heterocycles. The molecule has 2 aliphatic carbocycles. The smallest absolute Gasteiger partial charge is 0.238 e. The van der Waals surface area contributed by atoms with Crippen LogP contribution in [-0.2, 0) is 10.0 Å². The van der Waals surface area contributed by atoms with Gasteiger partial charge in [-0.15, -0.1) is 0 Å². The van der Waals surface area contributed by atoms with Crippen molar-refractivity contribution in [3.63, 3.8) is 0 Å². The van der Waals surface area contributed by atoms with Crippen LogP contribution in [0.25, 0.3) is 11.1 Å². The fourth-order valence-corrected chi connectivity index (χ4v) is 3.99. The average molecular weight is 338 g/mol. The van der Waals surface area contributed by atoms with Crippen molar-refractivity contribution in [3.05, 3.63) is 72.1 Å². The van der Waals surface area contributed by atoms with Gasteiger partial charge >= 0.3 is 0 Å². The van der Waals surface area contributed by atoms with Gasteiger partial charge in [0.2, 0.25) is 10.0 Å². The number of allylic oxidation sites excluding steroid dienone is 4. The Bertz CT molecular complexity index is 939. The molecule has 0 aliphatic heterocycles. The van der Waals surface area contributed by atoms with Gasteiger partial charge in [-0.1, -0.05) is 30.7 Å². The van der Waals surface area contributed by atoms with E-state index in [1.54, 1.807) is 24.5 Å². The summed E-state index contributed by atoms with van der Waals surface area (Å²) in [5.41, 5.74) is 4.65. The lowest BCUT2D eigenvalue weighted by atomic mass is 9.70. The fourth-order valence-electron chi connectivity index (χ4n) is 3.48. The lowest BCUT2D eigenvalue weighted by Crippen LogP contribution is -2.22. The molecule has 2 N–H and O–H groups in total. The van der Waals surface area contributed by atoms with Crippen LogP contribution in [0.2, 0.25) is 0 Å². The third kappa shape index (κ3) is 2.60. The highest BCUT2D eigenvalue weighted by Gasteiger charge is 2.38. The third-order valence-corrected chi connectivity index (χ3v) is 5.85. The lowest BCUT2D eigenvalue weighted by molar-refractivity contribution is 0.282. The molecular weight excluding hydrogens is 320 g/mol. The van der Waals surface area contributed by atoms with Crippen molar-refractivity contribution in [1.29, 1.82) is 0 Å². The van der Waals surface area contributed by atoms with E-state index in [4.69, 9.17) is 5.14 Å². The largest absolute Gasteiger partial charge is 0.265 e. The Morgan fingerprint density at radius 2 is 1.42 bits per heavy atom. The molecule has 0 bridgehead atoms. The summed E-state index contributed by atoms with van der Waals surface area (Å²) in [6.45, 7) is 0. The number of rotatable bonds is 3. The molecule has 1 aromatic carbocycles. The van der Waals surface area contributed by atoms with E-state index in [0.717, 1.165) is 16.7 Å². The molecule has 122 valence electrons. The number of pyridine rings is 1. The van der Waals surface area contributed by atoms with E-state index in [1.807, 2.05) is 24.3 Å².